The first-order valence-electron chi connectivity index (χ1n) is 5.39. The first kappa shape index (κ1) is 11.4. The zero-order chi connectivity index (χ0) is 11.5. The van der Waals surface area contributed by atoms with E-state index in [0.29, 0.717) is 11.4 Å². The summed E-state index contributed by atoms with van der Waals surface area (Å²) in [6, 6.07) is 1.74. The Morgan fingerprint density at radius 3 is 2.75 bits per heavy atom. The minimum absolute atomic E-state index is 0.00833. The number of likely N-dealkylation sites (tertiary alicyclic amines) is 1. The molecule has 0 saturated carbocycles. The van der Waals surface area contributed by atoms with Crippen LogP contribution < -0.4 is 5.73 Å². The normalized spacial score (nSPS) is 16.2. The van der Waals surface area contributed by atoms with E-state index < -0.39 is 0 Å². The second kappa shape index (κ2) is 4.82. The molecule has 1 aromatic rings. The maximum Gasteiger partial charge on any atom is 0.257 e. The van der Waals surface area contributed by atoms with Crippen LogP contribution in [0.25, 0.3) is 0 Å². The maximum atomic E-state index is 12.2. The summed E-state index contributed by atoms with van der Waals surface area (Å²) in [6.45, 7) is 1.65. The summed E-state index contributed by atoms with van der Waals surface area (Å²) in [5.74, 6) is 0.296. The van der Waals surface area contributed by atoms with Gasteiger partial charge in [-0.25, -0.2) is 4.98 Å². The molecule has 0 bridgehead atoms. The molecule has 2 heterocycles. The predicted octanol–water partition coefficient (Wildman–Crippen LogP) is 2.05. The van der Waals surface area contributed by atoms with Gasteiger partial charge >= 0.3 is 0 Å². The Bertz CT molecular complexity index is 402. The van der Waals surface area contributed by atoms with Crippen LogP contribution in [-0.4, -0.2) is 28.9 Å². The molecule has 1 aliphatic heterocycles. The summed E-state index contributed by atoms with van der Waals surface area (Å²) in [7, 11) is 0. The SMILES string of the molecule is Nc1ncc(Br)cc1C(=O)N1CCCCC1. The van der Waals surface area contributed by atoms with E-state index in [9.17, 15) is 4.79 Å². The third kappa shape index (κ3) is 2.35. The molecule has 0 unspecified atom stereocenters. The fourth-order valence-electron chi connectivity index (χ4n) is 1.89. The third-order valence-corrected chi connectivity index (χ3v) is 3.19. The van der Waals surface area contributed by atoms with Gasteiger partial charge in [0, 0.05) is 23.8 Å². The molecule has 1 aliphatic rings. The lowest BCUT2D eigenvalue weighted by Crippen LogP contribution is -2.36. The van der Waals surface area contributed by atoms with Crippen LogP contribution in [-0.2, 0) is 0 Å². The molecule has 0 radical (unpaired) electrons. The molecular weight excluding hydrogens is 270 g/mol. The molecule has 16 heavy (non-hydrogen) atoms. The number of hydrogen-bond donors (Lipinski definition) is 1. The van der Waals surface area contributed by atoms with Gasteiger partial charge in [-0.3, -0.25) is 4.79 Å². The average molecular weight is 284 g/mol. The molecule has 0 atom stereocenters. The number of nitrogens with two attached hydrogens (primary N) is 1. The molecule has 1 aromatic heterocycles. The standard InChI is InChI=1S/C11H14BrN3O/c12-8-6-9(10(13)14-7-8)11(16)15-4-2-1-3-5-15/h6-7H,1-5H2,(H2,13,14). The summed E-state index contributed by atoms with van der Waals surface area (Å²) in [6.07, 6.45) is 4.96. The Labute approximate surface area is 103 Å². The van der Waals surface area contributed by atoms with Crippen LogP contribution in [0.1, 0.15) is 29.6 Å². The zero-order valence-electron chi connectivity index (χ0n) is 8.95. The number of anilines is 1. The second-order valence-corrected chi connectivity index (χ2v) is 4.85. The van der Waals surface area contributed by atoms with Gasteiger partial charge in [0.25, 0.3) is 5.91 Å². The lowest BCUT2D eigenvalue weighted by molar-refractivity contribution is 0.0725. The Morgan fingerprint density at radius 2 is 2.06 bits per heavy atom. The minimum atomic E-state index is -0.00833. The van der Waals surface area contributed by atoms with E-state index in [1.165, 1.54) is 6.42 Å². The van der Waals surface area contributed by atoms with Gasteiger partial charge in [-0.05, 0) is 41.3 Å². The number of nitrogen functional groups attached to an aromatic ring is 1. The minimum Gasteiger partial charge on any atom is -0.383 e. The second-order valence-electron chi connectivity index (χ2n) is 3.94. The molecule has 0 aliphatic carbocycles. The van der Waals surface area contributed by atoms with Crippen molar-refractivity contribution < 1.29 is 4.79 Å². The number of rotatable bonds is 1. The summed E-state index contributed by atoms with van der Waals surface area (Å²) < 4.78 is 0.780. The average Bonchev–Trinajstić information content (AvgIpc) is 2.32. The highest BCUT2D eigenvalue weighted by Crippen LogP contribution is 2.19. The molecule has 2 N–H and O–H groups in total. The Kier molecular flexibility index (Phi) is 3.43. The Hall–Kier alpha value is -1.10. The van der Waals surface area contributed by atoms with Crippen LogP contribution in [0.4, 0.5) is 5.82 Å². The van der Waals surface area contributed by atoms with Crippen LogP contribution in [0, 0.1) is 0 Å². The highest BCUT2D eigenvalue weighted by atomic mass is 79.9. The lowest BCUT2D eigenvalue weighted by Gasteiger charge is -2.27. The molecule has 5 heteroatoms. The fourth-order valence-corrected chi connectivity index (χ4v) is 2.22. The van der Waals surface area contributed by atoms with E-state index in [-0.39, 0.29) is 5.91 Å². The van der Waals surface area contributed by atoms with Crippen molar-refractivity contribution in [2.45, 2.75) is 19.3 Å². The van der Waals surface area contributed by atoms with E-state index in [1.54, 1.807) is 12.3 Å². The quantitative estimate of drug-likeness (QED) is 0.858. The van der Waals surface area contributed by atoms with Gasteiger partial charge < -0.3 is 10.6 Å². The molecule has 1 fully saturated rings. The van der Waals surface area contributed by atoms with Gasteiger partial charge in [0.15, 0.2) is 0 Å². The zero-order valence-corrected chi connectivity index (χ0v) is 10.5. The van der Waals surface area contributed by atoms with Gasteiger partial charge in [-0.1, -0.05) is 0 Å². The smallest absolute Gasteiger partial charge is 0.257 e. The number of aromatic nitrogens is 1. The third-order valence-electron chi connectivity index (χ3n) is 2.76. The lowest BCUT2D eigenvalue weighted by atomic mass is 10.1. The Balaban J connectivity index is 2.22. The monoisotopic (exact) mass is 283 g/mol. The number of carbonyl (C=O) groups is 1. The van der Waals surface area contributed by atoms with E-state index in [4.69, 9.17) is 5.73 Å². The van der Waals surface area contributed by atoms with Crippen molar-refractivity contribution >= 4 is 27.7 Å². The van der Waals surface area contributed by atoms with Crippen LogP contribution in [0.5, 0.6) is 0 Å². The molecule has 1 saturated heterocycles. The first-order valence-corrected chi connectivity index (χ1v) is 6.18. The molecule has 4 nitrogen and oxygen atoms in total. The van der Waals surface area contributed by atoms with Crippen molar-refractivity contribution in [2.75, 3.05) is 18.8 Å². The number of piperidine rings is 1. The summed E-state index contributed by atoms with van der Waals surface area (Å²) >= 11 is 3.30. The molecule has 0 aromatic carbocycles. The van der Waals surface area contributed by atoms with Crippen LogP contribution in [0.3, 0.4) is 0 Å². The topological polar surface area (TPSA) is 59.2 Å². The number of nitrogens with zero attached hydrogens (tertiary/aromatic N) is 2. The van der Waals surface area contributed by atoms with Gasteiger partial charge in [0.05, 0.1) is 5.56 Å². The van der Waals surface area contributed by atoms with Crippen molar-refractivity contribution in [2.24, 2.45) is 0 Å². The Morgan fingerprint density at radius 1 is 1.38 bits per heavy atom. The fraction of sp³-hybridized carbons (Fsp3) is 0.455. The number of carbonyl (C=O) groups excluding carboxylic acids is 1. The van der Waals surface area contributed by atoms with Gasteiger partial charge in [-0.2, -0.15) is 0 Å². The molecule has 1 amide bonds. The highest BCUT2D eigenvalue weighted by Gasteiger charge is 2.20. The largest absolute Gasteiger partial charge is 0.383 e. The van der Waals surface area contributed by atoms with E-state index in [2.05, 4.69) is 20.9 Å². The van der Waals surface area contributed by atoms with E-state index >= 15 is 0 Å². The van der Waals surface area contributed by atoms with E-state index in [0.717, 1.165) is 30.4 Å². The van der Waals surface area contributed by atoms with Crippen LogP contribution in [0.2, 0.25) is 0 Å². The highest BCUT2D eigenvalue weighted by molar-refractivity contribution is 9.10. The van der Waals surface area contributed by atoms with Crippen LogP contribution in [0.15, 0.2) is 16.7 Å². The number of halogens is 1. The van der Waals surface area contributed by atoms with Crippen molar-refractivity contribution in [3.63, 3.8) is 0 Å². The maximum absolute atomic E-state index is 12.2. The number of hydrogen-bond acceptors (Lipinski definition) is 3. The van der Waals surface area contributed by atoms with Gasteiger partial charge in [0.2, 0.25) is 0 Å². The number of amides is 1. The van der Waals surface area contributed by atoms with Crippen molar-refractivity contribution in [1.29, 1.82) is 0 Å². The first-order chi connectivity index (χ1) is 7.68. The van der Waals surface area contributed by atoms with Crippen molar-refractivity contribution in [3.05, 3.63) is 22.3 Å². The van der Waals surface area contributed by atoms with Gasteiger partial charge in [-0.15, -0.1) is 0 Å². The predicted molar refractivity (Wildman–Crippen MR) is 66.1 cm³/mol. The summed E-state index contributed by atoms with van der Waals surface area (Å²) in [5, 5.41) is 0. The molecule has 86 valence electrons. The summed E-state index contributed by atoms with van der Waals surface area (Å²) in [5.41, 5.74) is 6.21. The van der Waals surface area contributed by atoms with Crippen LogP contribution >= 0.6 is 15.9 Å². The molecule has 2 rings (SSSR count). The van der Waals surface area contributed by atoms with Gasteiger partial charge in [0.1, 0.15) is 5.82 Å². The molecule has 0 spiro atoms. The summed E-state index contributed by atoms with van der Waals surface area (Å²) in [4.78, 5) is 18.0. The van der Waals surface area contributed by atoms with Crippen molar-refractivity contribution in [3.8, 4) is 0 Å². The number of pyridine rings is 1. The molecular formula is C11H14BrN3O. The van der Waals surface area contributed by atoms with E-state index in [1.807, 2.05) is 4.90 Å². The van der Waals surface area contributed by atoms with Crippen molar-refractivity contribution in [1.82, 2.24) is 9.88 Å².